The first-order valence-corrected chi connectivity index (χ1v) is 9.59. The molecule has 0 aliphatic carbocycles. The number of nitrogens with zero attached hydrogens (tertiary/aromatic N) is 2. The highest BCUT2D eigenvalue weighted by Crippen LogP contribution is 2.16. The van der Waals surface area contributed by atoms with E-state index in [-0.39, 0.29) is 18.0 Å². The molecule has 5 amide bonds. The number of hydrogen-bond donors (Lipinski definition) is 1. The number of Topliss-reactive ketones (excluding diaryl/α,β-unsaturated/α-hetero) is 1. The molecule has 0 saturated carbocycles. The van der Waals surface area contributed by atoms with E-state index < -0.39 is 30.2 Å². The van der Waals surface area contributed by atoms with Crippen LogP contribution in [0.15, 0.2) is 54.6 Å². The Labute approximate surface area is 173 Å². The summed E-state index contributed by atoms with van der Waals surface area (Å²) in [6.45, 7) is 1.54. The minimum atomic E-state index is -0.990. The van der Waals surface area contributed by atoms with Crippen molar-refractivity contribution in [1.29, 1.82) is 0 Å². The fourth-order valence-corrected chi connectivity index (χ4v) is 2.97. The Bertz CT molecular complexity index is 986. The molecule has 1 saturated heterocycles. The van der Waals surface area contributed by atoms with Gasteiger partial charge in [-0.15, -0.1) is 0 Å². The van der Waals surface area contributed by atoms with Gasteiger partial charge in [0, 0.05) is 23.4 Å². The van der Waals surface area contributed by atoms with Crippen LogP contribution in [0.4, 0.5) is 10.5 Å². The minimum Gasteiger partial charge on any atom is -0.322 e. The number of carbonyl (C=O) groups is 5. The molecule has 30 heavy (non-hydrogen) atoms. The van der Waals surface area contributed by atoms with Gasteiger partial charge >= 0.3 is 17.8 Å². The number of urea groups is 1. The van der Waals surface area contributed by atoms with E-state index in [9.17, 15) is 24.0 Å². The summed E-state index contributed by atoms with van der Waals surface area (Å²) >= 11 is 0. The Morgan fingerprint density at radius 2 is 1.47 bits per heavy atom. The number of hydrogen-bond acceptors (Lipinski definition) is 5. The Morgan fingerprint density at radius 1 is 0.833 bits per heavy atom. The molecule has 0 unspecified atom stereocenters. The molecular weight excluding hydrogens is 386 g/mol. The highest BCUT2D eigenvalue weighted by molar-refractivity contribution is 6.45. The molecule has 0 atom stereocenters. The zero-order valence-corrected chi connectivity index (χ0v) is 16.5. The van der Waals surface area contributed by atoms with Crippen molar-refractivity contribution in [3.63, 3.8) is 0 Å². The van der Waals surface area contributed by atoms with E-state index in [0.29, 0.717) is 22.6 Å². The van der Waals surface area contributed by atoms with Gasteiger partial charge in [-0.2, -0.15) is 0 Å². The third-order valence-electron chi connectivity index (χ3n) is 4.67. The second kappa shape index (κ2) is 9.13. The number of amides is 5. The number of rotatable bonds is 8. The molecule has 1 heterocycles. The number of unbranched alkanes of at least 4 members (excludes halogenated alkanes) is 1. The first-order valence-electron chi connectivity index (χ1n) is 9.59. The molecule has 0 bridgehead atoms. The smallest absolute Gasteiger partial charge is 0.322 e. The minimum absolute atomic E-state index is 0.153. The van der Waals surface area contributed by atoms with E-state index in [1.54, 1.807) is 36.4 Å². The number of anilines is 1. The molecule has 2 aromatic rings. The number of nitrogens with one attached hydrogen (secondary N) is 1. The van der Waals surface area contributed by atoms with Crippen molar-refractivity contribution >= 4 is 35.2 Å². The third kappa shape index (κ3) is 4.43. The summed E-state index contributed by atoms with van der Waals surface area (Å²) in [5.41, 5.74) is 1.25. The van der Waals surface area contributed by atoms with Crippen LogP contribution in [0.1, 0.15) is 40.5 Å². The van der Waals surface area contributed by atoms with Crippen molar-refractivity contribution < 1.29 is 24.0 Å². The predicted octanol–water partition coefficient (Wildman–Crippen LogP) is 2.71. The molecule has 3 rings (SSSR count). The lowest BCUT2D eigenvalue weighted by molar-refractivity contribution is -0.143. The maximum Gasteiger partial charge on any atom is 0.334 e. The maximum atomic E-state index is 12.5. The Balaban J connectivity index is 1.63. The van der Waals surface area contributed by atoms with Crippen LogP contribution in [0.25, 0.3) is 0 Å². The molecule has 2 aromatic carbocycles. The topological polar surface area (TPSA) is 104 Å². The van der Waals surface area contributed by atoms with E-state index in [1.807, 2.05) is 13.0 Å². The molecule has 1 aliphatic rings. The lowest BCUT2D eigenvalue weighted by atomic mass is 10.1. The van der Waals surface area contributed by atoms with Gasteiger partial charge in [-0.3, -0.25) is 24.1 Å². The van der Waals surface area contributed by atoms with Crippen LogP contribution < -0.4 is 5.32 Å². The molecule has 0 spiro atoms. The van der Waals surface area contributed by atoms with Crippen LogP contribution in [0, 0.1) is 0 Å². The lowest BCUT2D eigenvalue weighted by Gasteiger charge is -2.14. The Kier molecular flexibility index (Phi) is 6.36. The normalized spacial score (nSPS) is 13.7. The maximum absolute atomic E-state index is 12.5. The Hall–Kier alpha value is -3.81. The van der Waals surface area contributed by atoms with Gasteiger partial charge in [-0.25, -0.2) is 9.69 Å². The van der Waals surface area contributed by atoms with Gasteiger partial charge in [-0.1, -0.05) is 31.5 Å². The second-order valence-corrected chi connectivity index (χ2v) is 6.80. The van der Waals surface area contributed by atoms with Crippen molar-refractivity contribution in [2.24, 2.45) is 0 Å². The van der Waals surface area contributed by atoms with Crippen LogP contribution in [-0.2, 0) is 9.59 Å². The quantitative estimate of drug-likeness (QED) is 0.412. The molecule has 1 fully saturated rings. The zero-order valence-electron chi connectivity index (χ0n) is 16.5. The van der Waals surface area contributed by atoms with Crippen LogP contribution in [0.3, 0.4) is 0 Å². The van der Waals surface area contributed by atoms with Gasteiger partial charge in [0.1, 0.15) is 0 Å². The first-order chi connectivity index (χ1) is 14.4. The van der Waals surface area contributed by atoms with E-state index in [0.717, 1.165) is 11.3 Å². The highest BCUT2D eigenvalue weighted by Gasteiger charge is 2.44. The van der Waals surface area contributed by atoms with Crippen molar-refractivity contribution in [3.05, 3.63) is 65.7 Å². The SMILES string of the molecule is CCCCN1C(=O)C(=O)N(CC(=O)c2ccc(NC(=O)c3ccccc3)cc2)C1=O. The average Bonchev–Trinajstić information content (AvgIpc) is 2.96. The number of benzene rings is 2. The number of imide groups is 2. The van der Waals surface area contributed by atoms with Crippen molar-refractivity contribution in [2.75, 3.05) is 18.4 Å². The first kappa shape index (κ1) is 20.9. The molecule has 8 nitrogen and oxygen atoms in total. The molecule has 0 aromatic heterocycles. The van der Waals surface area contributed by atoms with E-state index in [4.69, 9.17) is 0 Å². The predicted molar refractivity (Wildman–Crippen MR) is 109 cm³/mol. The lowest BCUT2D eigenvalue weighted by Crippen LogP contribution is -2.37. The highest BCUT2D eigenvalue weighted by atomic mass is 16.2. The van der Waals surface area contributed by atoms with Gasteiger partial charge in [0.15, 0.2) is 5.78 Å². The van der Waals surface area contributed by atoms with Gasteiger partial charge in [-0.05, 0) is 42.8 Å². The van der Waals surface area contributed by atoms with Gasteiger partial charge < -0.3 is 5.32 Å². The third-order valence-corrected chi connectivity index (χ3v) is 4.67. The van der Waals surface area contributed by atoms with Crippen LogP contribution in [0.5, 0.6) is 0 Å². The molecular formula is C22H21N3O5. The van der Waals surface area contributed by atoms with Crippen LogP contribution >= 0.6 is 0 Å². The molecule has 154 valence electrons. The van der Waals surface area contributed by atoms with Gasteiger partial charge in [0.05, 0.1) is 6.54 Å². The molecule has 1 aliphatic heterocycles. The largest absolute Gasteiger partial charge is 0.334 e. The van der Waals surface area contributed by atoms with Crippen LogP contribution in [-0.4, -0.2) is 52.4 Å². The van der Waals surface area contributed by atoms with E-state index in [1.165, 1.54) is 12.1 Å². The summed E-state index contributed by atoms with van der Waals surface area (Å²) < 4.78 is 0. The zero-order chi connectivity index (χ0) is 21.7. The molecule has 0 radical (unpaired) electrons. The van der Waals surface area contributed by atoms with Crippen molar-refractivity contribution in [3.8, 4) is 0 Å². The summed E-state index contributed by atoms with van der Waals surface area (Å²) in [5, 5.41) is 2.72. The average molecular weight is 407 g/mol. The fraction of sp³-hybridized carbons (Fsp3) is 0.227. The summed E-state index contributed by atoms with van der Waals surface area (Å²) in [7, 11) is 0. The van der Waals surface area contributed by atoms with Gasteiger partial charge in [0.2, 0.25) is 0 Å². The van der Waals surface area contributed by atoms with E-state index >= 15 is 0 Å². The number of carbonyl (C=O) groups excluding carboxylic acids is 5. The molecule has 1 N–H and O–H groups in total. The van der Waals surface area contributed by atoms with Gasteiger partial charge in [0.25, 0.3) is 5.91 Å². The summed E-state index contributed by atoms with van der Waals surface area (Å²) in [5.74, 6) is -2.66. The standard InChI is InChI=1S/C22H21N3O5/c1-2-3-13-24-20(28)21(29)25(22(24)30)14-18(26)15-9-11-17(12-10-15)23-19(27)16-7-5-4-6-8-16/h4-12H,2-3,13-14H2,1H3,(H,23,27). The Morgan fingerprint density at radius 3 is 2.10 bits per heavy atom. The van der Waals surface area contributed by atoms with Crippen LogP contribution in [0.2, 0.25) is 0 Å². The summed E-state index contributed by atoms with van der Waals surface area (Å²) in [6, 6.07) is 14.0. The monoisotopic (exact) mass is 407 g/mol. The van der Waals surface area contributed by atoms with Crippen molar-refractivity contribution in [2.45, 2.75) is 19.8 Å². The summed E-state index contributed by atoms with van der Waals surface area (Å²) in [4.78, 5) is 62.6. The molecule has 8 heteroatoms. The second-order valence-electron chi connectivity index (χ2n) is 6.80. The number of ketones is 1. The summed E-state index contributed by atoms with van der Waals surface area (Å²) in [6.07, 6.45) is 1.35. The fourth-order valence-electron chi connectivity index (χ4n) is 2.97. The van der Waals surface area contributed by atoms with E-state index in [2.05, 4.69) is 5.32 Å². The van der Waals surface area contributed by atoms with Crippen molar-refractivity contribution in [1.82, 2.24) is 9.80 Å².